The van der Waals surface area contributed by atoms with Crippen LogP contribution in [-0.2, 0) is 6.42 Å². The minimum Gasteiger partial charge on any atom is -0.203 e. The second-order valence-electron chi connectivity index (χ2n) is 3.52. The smallest absolute Gasteiger partial charge is 0.203 e. The zero-order valence-electron chi connectivity index (χ0n) is 8.65. The number of hydrogen-bond acceptors (Lipinski definition) is 0. The molecule has 0 atom stereocenters. The monoisotopic (exact) mass is 342 g/mol. The van der Waals surface area contributed by atoms with Gasteiger partial charge in [0, 0.05) is 5.56 Å². The van der Waals surface area contributed by atoms with E-state index in [2.05, 4.69) is 0 Å². The molecule has 1 aromatic rings. The van der Waals surface area contributed by atoms with Crippen molar-refractivity contribution in [2.75, 3.05) is 0 Å². The third kappa shape index (κ3) is 3.72. The van der Waals surface area contributed by atoms with Crippen LogP contribution in [0.15, 0.2) is 0 Å². The second-order valence-corrected chi connectivity index (χ2v) is 12.8. The summed E-state index contributed by atoms with van der Waals surface area (Å²) in [5, 5.41) is 0. The molecule has 0 radical (unpaired) electrons. The molecule has 0 unspecified atom stereocenters. The third-order valence-electron chi connectivity index (χ3n) is 2.19. The molecular weight excluding hydrogens is 338 g/mol. The van der Waals surface area contributed by atoms with Crippen LogP contribution in [0.2, 0.25) is 6.04 Å². The van der Waals surface area contributed by atoms with E-state index in [1.165, 1.54) is 0 Å². The van der Waals surface area contributed by atoms with Crippen molar-refractivity contribution >= 4 is 39.2 Å². The van der Waals surface area contributed by atoms with E-state index < -0.39 is 40.7 Å². The average Bonchev–Trinajstić information content (AvgIpc) is 2.27. The molecule has 0 heterocycles. The lowest BCUT2D eigenvalue weighted by molar-refractivity contribution is 0.369. The first-order valence-corrected chi connectivity index (χ1v) is 9.96. The van der Waals surface area contributed by atoms with Crippen molar-refractivity contribution in [1.82, 2.24) is 0 Å². The van der Waals surface area contributed by atoms with Crippen LogP contribution in [-0.4, -0.2) is 6.00 Å². The average molecular weight is 344 g/mol. The van der Waals surface area contributed by atoms with Gasteiger partial charge in [0.2, 0.25) is 5.82 Å². The minimum atomic E-state index is -2.97. The Morgan fingerprint density at radius 3 is 1.50 bits per heavy atom. The van der Waals surface area contributed by atoms with Crippen molar-refractivity contribution in [3.05, 3.63) is 34.6 Å². The number of benzene rings is 1. The standard InChI is InChI=1S/C9H6Cl3F5Si/c10-18(11,12)3-1-2-4-5(13)7(15)9(17)8(16)6(4)14/h1-3H2. The first kappa shape index (κ1) is 16.0. The largest absolute Gasteiger partial charge is 0.341 e. The molecule has 18 heavy (non-hydrogen) atoms. The van der Waals surface area contributed by atoms with E-state index in [4.69, 9.17) is 33.2 Å². The predicted octanol–water partition coefficient (Wildman–Crippen LogP) is 4.97. The maximum absolute atomic E-state index is 13.2. The Labute approximate surface area is 115 Å². The Morgan fingerprint density at radius 2 is 1.11 bits per heavy atom. The van der Waals surface area contributed by atoms with Crippen LogP contribution in [0.4, 0.5) is 22.0 Å². The summed E-state index contributed by atoms with van der Waals surface area (Å²) >= 11 is 16.6. The Hall–Kier alpha value is -0.0431. The first-order chi connectivity index (χ1) is 8.15. The molecule has 9 heteroatoms. The van der Waals surface area contributed by atoms with Gasteiger partial charge in [-0.2, -0.15) is 0 Å². The van der Waals surface area contributed by atoms with Gasteiger partial charge in [0.1, 0.15) is 0 Å². The summed E-state index contributed by atoms with van der Waals surface area (Å²) in [5.74, 6) is -9.77. The molecule has 0 aromatic heterocycles. The molecule has 0 spiro atoms. The van der Waals surface area contributed by atoms with Gasteiger partial charge in [-0.15, -0.1) is 33.2 Å². The molecule has 102 valence electrons. The first-order valence-electron chi connectivity index (χ1n) is 4.72. The predicted molar refractivity (Wildman–Crippen MR) is 62.7 cm³/mol. The lowest BCUT2D eigenvalue weighted by Crippen LogP contribution is -2.11. The highest BCUT2D eigenvalue weighted by Crippen LogP contribution is 2.29. The van der Waals surface area contributed by atoms with Crippen LogP contribution < -0.4 is 0 Å². The van der Waals surface area contributed by atoms with Crippen LogP contribution in [0.5, 0.6) is 0 Å². The molecule has 0 aliphatic carbocycles. The summed E-state index contributed by atoms with van der Waals surface area (Å²) in [4.78, 5) is 0. The van der Waals surface area contributed by atoms with Crippen LogP contribution in [0.3, 0.4) is 0 Å². The molecule has 1 rings (SSSR count). The fraction of sp³-hybridized carbons (Fsp3) is 0.333. The van der Waals surface area contributed by atoms with Crippen molar-refractivity contribution in [2.24, 2.45) is 0 Å². The molecule has 0 aliphatic heterocycles. The van der Waals surface area contributed by atoms with Gasteiger partial charge in [0.15, 0.2) is 23.3 Å². The summed E-state index contributed by atoms with van der Waals surface area (Å²) in [5.41, 5.74) is -0.880. The van der Waals surface area contributed by atoms with Gasteiger partial charge in [0.05, 0.1) is 0 Å². The maximum atomic E-state index is 13.2. The maximum Gasteiger partial charge on any atom is 0.341 e. The zero-order chi connectivity index (χ0) is 14.1. The Kier molecular flexibility index (Phi) is 5.29. The lowest BCUT2D eigenvalue weighted by atomic mass is 10.1. The van der Waals surface area contributed by atoms with E-state index in [-0.39, 0.29) is 18.9 Å². The fourth-order valence-corrected chi connectivity index (χ4v) is 3.12. The van der Waals surface area contributed by atoms with E-state index >= 15 is 0 Å². The van der Waals surface area contributed by atoms with Crippen molar-refractivity contribution in [3.63, 3.8) is 0 Å². The Balaban J connectivity index is 2.96. The molecule has 0 aliphatic rings. The van der Waals surface area contributed by atoms with Gasteiger partial charge in [0.25, 0.3) is 0 Å². The summed E-state index contributed by atoms with van der Waals surface area (Å²) in [6, 6.07) is -2.91. The van der Waals surface area contributed by atoms with E-state index in [1.807, 2.05) is 0 Å². The molecule has 0 N–H and O–H groups in total. The van der Waals surface area contributed by atoms with Crippen LogP contribution >= 0.6 is 33.2 Å². The van der Waals surface area contributed by atoms with Crippen LogP contribution in [0, 0.1) is 29.1 Å². The summed E-state index contributed by atoms with van der Waals surface area (Å²) in [7, 11) is 0. The molecule has 1 aromatic carbocycles. The summed E-state index contributed by atoms with van der Waals surface area (Å²) in [6.45, 7) is 0. The molecule has 0 nitrogen and oxygen atoms in total. The number of halogens is 8. The quantitative estimate of drug-likeness (QED) is 0.238. The normalized spacial score (nSPS) is 12.0. The minimum absolute atomic E-state index is 0.0288. The van der Waals surface area contributed by atoms with Crippen LogP contribution in [0.25, 0.3) is 0 Å². The van der Waals surface area contributed by atoms with Crippen molar-refractivity contribution in [3.8, 4) is 0 Å². The van der Waals surface area contributed by atoms with Crippen molar-refractivity contribution in [2.45, 2.75) is 18.9 Å². The van der Waals surface area contributed by atoms with Crippen molar-refractivity contribution in [1.29, 1.82) is 0 Å². The van der Waals surface area contributed by atoms with Gasteiger partial charge in [-0.05, 0) is 18.9 Å². The van der Waals surface area contributed by atoms with E-state index in [0.717, 1.165) is 0 Å². The summed E-state index contributed by atoms with van der Waals surface area (Å²) in [6.07, 6.45) is -0.353. The fourth-order valence-electron chi connectivity index (χ4n) is 1.34. The molecular formula is C9H6Cl3F5Si. The highest BCUT2D eigenvalue weighted by molar-refractivity contribution is 7.64. The van der Waals surface area contributed by atoms with E-state index in [0.29, 0.717) is 0 Å². The van der Waals surface area contributed by atoms with Crippen LogP contribution in [0.1, 0.15) is 12.0 Å². The topological polar surface area (TPSA) is 0 Å². The van der Waals surface area contributed by atoms with E-state index in [1.54, 1.807) is 0 Å². The molecule has 0 amide bonds. The van der Waals surface area contributed by atoms with Gasteiger partial charge in [-0.3, -0.25) is 0 Å². The zero-order valence-corrected chi connectivity index (χ0v) is 11.9. The molecule has 0 saturated carbocycles. The number of rotatable bonds is 4. The Morgan fingerprint density at radius 1 is 0.722 bits per heavy atom. The third-order valence-corrected chi connectivity index (χ3v) is 4.81. The molecule has 0 bridgehead atoms. The van der Waals surface area contributed by atoms with Gasteiger partial charge in [-0.1, -0.05) is 0 Å². The Bertz CT molecular complexity index is 431. The van der Waals surface area contributed by atoms with Gasteiger partial charge < -0.3 is 0 Å². The van der Waals surface area contributed by atoms with Gasteiger partial charge in [-0.25, -0.2) is 22.0 Å². The van der Waals surface area contributed by atoms with Gasteiger partial charge >= 0.3 is 6.00 Å². The highest BCUT2D eigenvalue weighted by atomic mass is 35.8. The number of hydrogen-bond donors (Lipinski definition) is 0. The molecule has 0 fully saturated rings. The second kappa shape index (κ2) is 5.94. The summed E-state index contributed by atoms with van der Waals surface area (Å²) < 4.78 is 64.8. The van der Waals surface area contributed by atoms with E-state index in [9.17, 15) is 22.0 Å². The SMILES string of the molecule is Fc1c(F)c(F)c(CCC[Si](Cl)(Cl)Cl)c(F)c1F. The molecule has 0 saturated heterocycles. The van der Waals surface area contributed by atoms with Crippen molar-refractivity contribution < 1.29 is 22.0 Å². The highest BCUT2D eigenvalue weighted by Gasteiger charge is 2.27. The lowest BCUT2D eigenvalue weighted by Gasteiger charge is -2.10.